The number of carbonyl (C=O) groups is 1. The Balaban J connectivity index is 2.06. The monoisotopic (exact) mass is 295 g/mol. The molecule has 20 heavy (non-hydrogen) atoms. The van der Waals surface area contributed by atoms with E-state index in [2.05, 4.69) is 4.98 Å². The number of halogens is 2. The minimum Gasteiger partial charge on any atom is -0.481 e. The predicted molar refractivity (Wildman–Crippen MR) is 70.8 cm³/mol. The number of hydrogen-bond acceptors (Lipinski definition) is 3. The van der Waals surface area contributed by atoms with Gasteiger partial charge >= 0.3 is 5.97 Å². The molecule has 0 saturated carbocycles. The second-order valence-corrected chi connectivity index (χ2v) is 5.85. The quantitative estimate of drug-likeness (QED) is 0.921. The lowest BCUT2D eigenvalue weighted by molar-refractivity contribution is -0.139. The molecule has 1 aliphatic carbocycles. The van der Waals surface area contributed by atoms with Crippen molar-refractivity contribution in [2.75, 3.05) is 0 Å². The van der Waals surface area contributed by atoms with E-state index in [9.17, 15) is 18.7 Å². The Morgan fingerprint density at radius 1 is 1.30 bits per heavy atom. The van der Waals surface area contributed by atoms with Gasteiger partial charge < -0.3 is 5.11 Å². The van der Waals surface area contributed by atoms with Gasteiger partial charge in [0.2, 0.25) is 0 Å². The Labute approximate surface area is 117 Å². The fourth-order valence-corrected chi connectivity index (χ4v) is 3.61. The zero-order valence-electron chi connectivity index (χ0n) is 10.4. The number of aromatic nitrogens is 1. The molecule has 0 bridgehead atoms. The predicted octanol–water partition coefficient (Wildman–Crippen LogP) is 3.59. The number of hydrogen-bond donors (Lipinski definition) is 1. The summed E-state index contributed by atoms with van der Waals surface area (Å²) >= 11 is 1.32. The number of carboxylic acid groups (broad SMARTS) is 1. The van der Waals surface area contributed by atoms with Gasteiger partial charge in [-0.1, -0.05) is 0 Å². The zero-order chi connectivity index (χ0) is 14.3. The van der Waals surface area contributed by atoms with Crippen LogP contribution in [0.25, 0.3) is 10.6 Å². The maximum absolute atomic E-state index is 13.2. The van der Waals surface area contributed by atoms with Crippen molar-refractivity contribution in [2.45, 2.75) is 25.2 Å². The van der Waals surface area contributed by atoms with Crippen LogP contribution in [0, 0.1) is 11.6 Å². The number of thiazole rings is 1. The van der Waals surface area contributed by atoms with Crippen LogP contribution in [0.5, 0.6) is 0 Å². The summed E-state index contributed by atoms with van der Waals surface area (Å²) < 4.78 is 26.5. The molecule has 6 heteroatoms. The van der Waals surface area contributed by atoms with Crippen molar-refractivity contribution in [3.05, 3.63) is 40.4 Å². The van der Waals surface area contributed by atoms with Crippen LogP contribution in [-0.2, 0) is 11.2 Å². The van der Waals surface area contributed by atoms with Crippen molar-refractivity contribution in [3.8, 4) is 10.6 Å². The molecular weight excluding hydrogens is 284 g/mol. The molecule has 1 atom stereocenters. The molecule has 0 spiro atoms. The van der Waals surface area contributed by atoms with Crippen LogP contribution in [-0.4, -0.2) is 16.1 Å². The molecule has 2 aromatic rings. The zero-order valence-corrected chi connectivity index (χ0v) is 11.2. The molecule has 1 heterocycles. The van der Waals surface area contributed by atoms with E-state index in [1.807, 2.05) is 0 Å². The third-order valence-corrected chi connectivity index (χ3v) is 4.54. The first kappa shape index (κ1) is 13.2. The van der Waals surface area contributed by atoms with Crippen molar-refractivity contribution in [2.24, 2.45) is 0 Å². The van der Waals surface area contributed by atoms with Gasteiger partial charge in [0.15, 0.2) is 0 Å². The molecule has 104 valence electrons. The lowest BCUT2D eigenvalue weighted by Crippen LogP contribution is -2.17. The third-order valence-electron chi connectivity index (χ3n) is 3.36. The fourth-order valence-electron chi connectivity index (χ4n) is 2.46. The highest BCUT2D eigenvalue weighted by Crippen LogP contribution is 2.38. The fraction of sp³-hybridized carbons (Fsp3) is 0.286. The van der Waals surface area contributed by atoms with Crippen LogP contribution < -0.4 is 0 Å². The van der Waals surface area contributed by atoms with E-state index < -0.39 is 23.5 Å². The number of nitrogens with zero attached hydrogens (tertiary/aromatic N) is 1. The minimum absolute atomic E-state index is 0.353. The van der Waals surface area contributed by atoms with E-state index in [1.54, 1.807) is 0 Å². The number of aryl methyl sites for hydroxylation is 1. The van der Waals surface area contributed by atoms with E-state index in [0.29, 0.717) is 22.7 Å². The SMILES string of the molecule is O=C(O)C1CCCc2sc(-c3cc(F)cc(F)c3)nc21. The summed E-state index contributed by atoms with van der Waals surface area (Å²) in [7, 11) is 0. The largest absolute Gasteiger partial charge is 0.481 e. The van der Waals surface area contributed by atoms with E-state index in [0.717, 1.165) is 23.8 Å². The van der Waals surface area contributed by atoms with E-state index >= 15 is 0 Å². The van der Waals surface area contributed by atoms with Gasteiger partial charge in [-0.3, -0.25) is 4.79 Å². The van der Waals surface area contributed by atoms with Crippen LogP contribution in [0.3, 0.4) is 0 Å². The highest BCUT2D eigenvalue weighted by molar-refractivity contribution is 7.15. The van der Waals surface area contributed by atoms with E-state index in [4.69, 9.17) is 0 Å². The molecule has 1 N–H and O–H groups in total. The summed E-state index contributed by atoms with van der Waals surface area (Å²) in [5.41, 5.74) is 0.902. The first-order valence-electron chi connectivity index (χ1n) is 6.23. The molecule has 1 aromatic heterocycles. The van der Waals surface area contributed by atoms with Gasteiger partial charge in [-0.2, -0.15) is 0 Å². The molecule has 1 aromatic carbocycles. The Kier molecular flexibility index (Phi) is 3.25. The molecule has 0 fully saturated rings. The standard InChI is InChI=1S/C14H11F2NO2S/c15-8-4-7(5-9(16)6-8)13-17-12-10(14(18)19)2-1-3-11(12)20-13/h4-6,10H,1-3H2,(H,18,19). The number of carboxylic acids is 1. The van der Waals surface area contributed by atoms with Crippen molar-refractivity contribution in [1.29, 1.82) is 0 Å². The van der Waals surface area contributed by atoms with Gasteiger partial charge in [0, 0.05) is 16.5 Å². The highest BCUT2D eigenvalue weighted by atomic mass is 32.1. The number of rotatable bonds is 2. The molecule has 0 amide bonds. The van der Waals surface area contributed by atoms with Crippen molar-refractivity contribution in [3.63, 3.8) is 0 Å². The summed E-state index contributed by atoms with van der Waals surface area (Å²) in [5.74, 6) is -2.83. The summed E-state index contributed by atoms with van der Waals surface area (Å²) in [4.78, 5) is 16.4. The minimum atomic E-state index is -0.895. The van der Waals surface area contributed by atoms with E-state index in [1.165, 1.54) is 23.5 Å². The summed E-state index contributed by atoms with van der Waals surface area (Å²) in [6.45, 7) is 0. The van der Waals surface area contributed by atoms with Crippen molar-refractivity contribution >= 4 is 17.3 Å². The van der Waals surface area contributed by atoms with Gasteiger partial charge in [0.1, 0.15) is 16.6 Å². The van der Waals surface area contributed by atoms with Gasteiger partial charge in [-0.15, -0.1) is 11.3 Å². The van der Waals surface area contributed by atoms with Crippen LogP contribution in [0.15, 0.2) is 18.2 Å². The van der Waals surface area contributed by atoms with Crippen molar-refractivity contribution in [1.82, 2.24) is 4.98 Å². The summed E-state index contributed by atoms with van der Waals surface area (Å²) in [5, 5.41) is 9.67. The highest BCUT2D eigenvalue weighted by Gasteiger charge is 2.30. The molecule has 1 unspecified atom stereocenters. The van der Waals surface area contributed by atoms with Gasteiger partial charge in [-0.25, -0.2) is 13.8 Å². The normalized spacial score (nSPS) is 17.8. The van der Waals surface area contributed by atoms with Crippen LogP contribution in [0.2, 0.25) is 0 Å². The topological polar surface area (TPSA) is 50.2 Å². The first-order chi connectivity index (χ1) is 9.54. The Bertz CT molecular complexity index is 664. The molecule has 3 nitrogen and oxygen atoms in total. The van der Waals surface area contributed by atoms with Crippen LogP contribution >= 0.6 is 11.3 Å². The van der Waals surface area contributed by atoms with Crippen LogP contribution in [0.1, 0.15) is 29.3 Å². The summed E-state index contributed by atoms with van der Waals surface area (Å²) in [6, 6.07) is 3.23. The molecule has 1 aliphatic rings. The third kappa shape index (κ3) is 2.31. The average molecular weight is 295 g/mol. The number of aliphatic carboxylic acids is 1. The van der Waals surface area contributed by atoms with E-state index in [-0.39, 0.29) is 0 Å². The average Bonchev–Trinajstić information content (AvgIpc) is 2.80. The Morgan fingerprint density at radius 2 is 2.00 bits per heavy atom. The lowest BCUT2D eigenvalue weighted by atomic mass is 9.91. The number of fused-ring (bicyclic) bond motifs is 1. The lowest BCUT2D eigenvalue weighted by Gasteiger charge is -2.16. The van der Waals surface area contributed by atoms with Gasteiger partial charge in [-0.05, 0) is 31.4 Å². The second kappa shape index (κ2) is 4.94. The summed E-state index contributed by atoms with van der Waals surface area (Å²) in [6.07, 6.45) is 2.13. The maximum Gasteiger partial charge on any atom is 0.312 e. The smallest absolute Gasteiger partial charge is 0.312 e. The van der Waals surface area contributed by atoms with Gasteiger partial charge in [0.25, 0.3) is 0 Å². The molecular formula is C14H11F2NO2S. The maximum atomic E-state index is 13.2. The first-order valence-corrected chi connectivity index (χ1v) is 7.05. The Hall–Kier alpha value is -1.82. The van der Waals surface area contributed by atoms with Crippen molar-refractivity contribution < 1.29 is 18.7 Å². The molecule has 0 saturated heterocycles. The number of benzene rings is 1. The molecule has 3 rings (SSSR count). The molecule has 0 radical (unpaired) electrons. The Morgan fingerprint density at radius 3 is 2.65 bits per heavy atom. The van der Waals surface area contributed by atoms with Gasteiger partial charge in [0.05, 0.1) is 11.6 Å². The van der Waals surface area contributed by atoms with Crippen LogP contribution in [0.4, 0.5) is 8.78 Å². The molecule has 0 aliphatic heterocycles. The second-order valence-electron chi connectivity index (χ2n) is 4.77.